The number of thiophene rings is 1. The Hall–Kier alpha value is -0.270. The predicted octanol–water partition coefficient (Wildman–Crippen LogP) is 3.49. The standard InChI is InChI=1S/C9H5IO2S2/c10-6-1-4(13)2-7-8(6)5(3-14-7)9(11)12/h1-3,13H,(H,11,12). The second-order valence-electron chi connectivity index (χ2n) is 2.76. The third-order valence-electron chi connectivity index (χ3n) is 1.84. The molecule has 2 rings (SSSR count). The Kier molecular flexibility index (Phi) is 2.72. The second kappa shape index (κ2) is 3.71. The van der Waals surface area contributed by atoms with E-state index in [0.29, 0.717) is 5.56 Å². The number of carboxylic acid groups (broad SMARTS) is 1. The summed E-state index contributed by atoms with van der Waals surface area (Å²) in [6.07, 6.45) is 0. The first-order chi connectivity index (χ1) is 6.59. The van der Waals surface area contributed by atoms with E-state index in [0.717, 1.165) is 18.6 Å². The van der Waals surface area contributed by atoms with Gasteiger partial charge in [-0.05, 0) is 34.7 Å². The maximum absolute atomic E-state index is 10.9. The lowest BCUT2D eigenvalue weighted by atomic mass is 10.2. The van der Waals surface area contributed by atoms with E-state index in [-0.39, 0.29) is 0 Å². The van der Waals surface area contributed by atoms with Crippen molar-refractivity contribution in [2.24, 2.45) is 0 Å². The van der Waals surface area contributed by atoms with Gasteiger partial charge in [-0.1, -0.05) is 0 Å². The van der Waals surface area contributed by atoms with E-state index >= 15 is 0 Å². The molecule has 0 unspecified atom stereocenters. The highest BCUT2D eigenvalue weighted by Gasteiger charge is 2.13. The van der Waals surface area contributed by atoms with Gasteiger partial charge in [-0.2, -0.15) is 0 Å². The number of thiol groups is 1. The Morgan fingerprint density at radius 2 is 2.21 bits per heavy atom. The average molecular weight is 336 g/mol. The van der Waals surface area contributed by atoms with E-state index in [1.807, 2.05) is 12.1 Å². The molecule has 1 aromatic carbocycles. The number of rotatable bonds is 1. The molecule has 1 N–H and O–H groups in total. The molecule has 0 aliphatic heterocycles. The van der Waals surface area contributed by atoms with Crippen molar-refractivity contribution in [3.8, 4) is 0 Å². The van der Waals surface area contributed by atoms with Crippen LogP contribution >= 0.6 is 46.6 Å². The summed E-state index contributed by atoms with van der Waals surface area (Å²) in [5.41, 5.74) is 0.378. The van der Waals surface area contributed by atoms with Crippen molar-refractivity contribution in [1.29, 1.82) is 0 Å². The number of aromatic carboxylic acids is 1. The molecule has 0 bridgehead atoms. The lowest BCUT2D eigenvalue weighted by Crippen LogP contribution is -1.94. The summed E-state index contributed by atoms with van der Waals surface area (Å²) >= 11 is 7.82. The van der Waals surface area contributed by atoms with Gasteiger partial charge in [0.2, 0.25) is 0 Å². The number of halogens is 1. The van der Waals surface area contributed by atoms with Crippen molar-refractivity contribution in [3.63, 3.8) is 0 Å². The van der Waals surface area contributed by atoms with E-state index in [2.05, 4.69) is 35.2 Å². The van der Waals surface area contributed by atoms with E-state index in [1.54, 1.807) is 5.38 Å². The summed E-state index contributed by atoms with van der Waals surface area (Å²) in [5.74, 6) is -0.874. The SMILES string of the molecule is O=C(O)c1csc2cc(S)cc(I)c12. The van der Waals surface area contributed by atoms with Crippen molar-refractivity contribution in [2.45, 2.75) is 4.90 Å². The van der Waals surface area contributed by atoms with Gasteiger partial charge in [0, 0.05) is 23.9 Å². The third-order valence-corrected chi connectivity index (χ3v) is 3.88. The molecule has 0 amide bonds. The minimum Gasteiger partial charge on any atom is -0.478 e. The molecule has 2 nitrogen and oxygen atoms in total. The maximum atomic E-state index is 10.9. The molecular formula is C9H5IO2S2. The summed E-state index contributed by atoms with van der Waals surface area (Å²) < 4.78 is 1.91. The molecule has 0 fully saturated rings. The van der Waals surface area contributed by atoms with Crippen molar-refractivity contribution in [3.05, 3.63) is 26.6 Å². The zero-order valence-electron chi connectivity index (χ0n) is 6.82. The summed E-state index contributed by atoms with van der Waals surface area (Å²) in [7, 11) is 0. The molecule has 14 heavy (non-hydrogen) atoms. The smallest absolute Gasteiger partial charge is 0.337 e. The first kappa shape index (κ1) is 10.3. The number of hydrogen-bond donors (Lipinski definition) is 2. The maximum Gasteiger partial charge on any atom is 0.337 e. The lowest BCUT2D eigenvalue weighted by molar-refractivity contribution is 0.0699. The van der Waals surface area contributed by atoms with Crippen LogP contribution in [0.2, 0.25) is 0 Å². The van der Waals surface area contributed by atoms with Crippen LogP contribution in [-0.4, -0.2) is 11.1 Å². The number of carbonyl (C=O) groups is 1. The van der Waals surface area contributed by atoms with Crippen LogP contribution in [0.15, 0.2) is 22.4 Å². The molecule has 0 aliphatic rings. The van der Waals surface area contributed by atoms with Gasteiger partial charge in [0.15, 0.2) is 0 Å². The Morgan fingerprint density at radius 1 is 1.50 bits per heavy atom. The van der Waals surface area contributed by atoms with E-state index in [9.17, 15) is 4.79 Å². The van der Waals surface area contributed by atoms with Crippen LogP contribution in [0.25, 0.3) is 10.1 Å². The van der Waals surface area contributed by atoms with Gasteiger partial charge in [-0.25, -0.2) is 4.79 Å². The molecule has 0 aliphatic carbocycles. The van der Waals surface area contributed by atoms with Crippen LogP contribution in [0.1, 0.15) is 10.4 Å². The fourth-order valence-electron chi connectivity index (χ4n) is 1.26. The summed E-state index contributed by atoms with van der Waals surface area (Å²) in [6.45, 7) is 0. The van der Waals surface area contributed by atoms with Gasteiger partial charge < -0.3 is 5.11 Å². The van der Waals surface area contributed by atoms with E-state index in [4.69, 9.17) is 5.11 Å². The number of benzene rings is 1. The first-order valence-electron chi connectivity index (χ1n) is 3.72. The van der Waals surface area contributed by atoms with Crippen LogP contribution in [0.5, 0.6) is 0 Å². The number of carboxylic acids is 1. The van der Waals surface area contributed by atoms with Crippen molar-refractivity contribution >= 4 is 62.6 Å². The minimum atomic E-state index is -0.874. The Balaban J connectivity index is 2.85. The molecule has 0 radical (unpaired) electrons. The van der Waals surface area contributed by atoms with E-state index < -0.39 is 5.97 Å². The molecule has 0 saturated carbocycles. The highest BCUT2D eigenvalue weighted by atomic mass is 127. The minimum absolute atomic E-state index is 0.378. The van der Waals surface area contributed by atoms with Crippen molar-refractivity contribution < 1.29 is 9.90 Å². The van der Waals surface area contributed by atoms with Gasteiger partial charge in [0.1, 0.15) is 0 Å². The summed E-state index contributed by atoms with van der Waals surface area (Å²) in [4.78, 5) is 11.8. The van der Waals surface area contributed by atoms with Crippen molar-refractivity contribution in [2.75, 3.05) is 0 Å². The van der Waals surface area contributed by atoms with Gasteiger partial charge >= 0.3 is 5.97 Å². The van der Waals surface area contributed by atoms with Gasteiger partial charge in [0.25, 0.3) is 0 Å². The molecule has 0 atom stereocenters. The molecule has 5 heteroatoms. The fourth-order valence-corrected chi connectivity index (χ4v) is 3.95. The largest absolute Gasteiger partial charge is 0.478 e. The second-order valence-corrected chi connectivity index (χ2v) is 5.35. The van der Waals surface area contributed by atoms with Crippen LogP contribution < -0.4 is 0 Å². The molecular weight excluding hydrogens is 331 g/mol. The van der Waals surface area contributed by atoms with Crippen LogP contribution in [0.4, 0.5) is 0 Å². The summed E-state index contributed by atoms with van der Waals surface area (Å²) in [5, 5.41) is 11.4. The highest BCUT2D eigenvalue weighted by molar-refractivity contribution is 14.1. The zero-order chi connectivity index (χ0) is 10.3. The highest BCUT2D eigenvalue weighted by Crippen LogP contribution is 2.32. The Bertz CT molecular complexity index is 519. The summed E-state index contributed by atoms with van der Waals surface area (Å²) in [6, 6.07) is 3.75. The van der Waals surface area contributed by atoms with Crippen LogP contribution in [-0.2, 0) is 0 Å². The fraction of sp³-hybridized carbons (Fsp3) is 0. The van der Waals surface area contributed by atoms with Gasteiger partial charge in [-0.3, -0.25) is 0 Å². The first-order valence-corrected chi connectivity index (χ1v) is 6.13. The van der Waals surface area contributed by atoms with Gasteiger partial charge in [0.05, 0.1) is 5.56 Å². The lowest BCUT2D eigenvalue weighted by Gasteiger charge is -1.98. The zero-order valence-corrected chi connectivity index (χ0v) is 10.7. The average Bonchev–Trinajstić information content (AvgIpc) is 2.47. The Labute approximate surface area is 103 Å². The quantitative estimate of drug-likeness (QED) is 0.618. The normalized spacial score (nSPS) is 10.7. The van der Waals surface area contributed by atoms with Crippen LogP contribution in [0, 0.1) is 3.57 Å². The number of fused-ring (bicyclic) bond motifs is 1. The molecule has 2 aromatic rings. The predicted molar refractivity (Wildman–Crippen MR) is 68.8 cm³/mol. The number of hydrogen-bond acceptors (Lipinski definition) is 3. The molecule has 0 spiro atoms. The molecule has 1 aromatic heterocycles. The monoisotopic (exact) mass is 336 g/mol. The van der Waals surface area contributed by atoms with Crippen molar-refractivity contribution in [1.82, 2.24) is 0 Å². The Morgan fingerprint density at radius 3 is 2.86 bits per heavy atom. The molecule has 72 valence electrons. The molecule has 0 saturated heterocycles. The topological polar surface area (TPSA) is 37.3 Å². The third kappa shape index (κ3) is 1.64. The van der Waals surface area contributed by atoms with Crippen LogP contribution in [0.3, 0.4) is 0 Å². The van der Waals surface area contributed by atoms with Gasteiger partial charge in [-0.15, -0.1) is 24.0 Å². The molecule has 1 heterocycles. The van der Waals surface area contributed by atoms with E-state index in [1.165, 1.54) is 11.3 Å².